The molecule has 3 aromatic rings. The van der Waals surface area contributed by atoms with Crippen LogP contribution in [0.1, 0.15) is 56.9 Å². The van der Waals surface area contributed by atoms with E-state index in [0.29, 0.717) is 41.9 Å². The van der Waals surface area contributed by atoms with Crippen LogP contribution in [0, 0.1) is 13.8 Å². The van der Waals surface area contributed by atoms with Crippen molar-refractivity contribution in [3.63, 3.8) is 0 Å². The van der Waals surface area contributed by atoms with Crippen molar-refractivity contribution >= 4 is 11.8 Å². The summed E-state index contributed by atoms with van der Waals surface area (Å²) in [4.78, 5) is 36.7. The molecular weight excluding hydrogens is 416 g/mol. The highest BCUT2D eigenvalue weighted by Crippen LogP contribution is 2.24. The molecule has 33 heavy (non-hydrogen) atoms. The third-order valence-corrected chi connectivity index (χ3v) is 5.88. The minimum atomic E-state index is -0.511. The van der Waals surface area contributed by atoms with E-state index in [1.54, 1.807) is 35.5 Å². The van der Waals surface area contributed by atoms with Crippen LogP contribution in [0.15, 0.2) is 54.9 Å². The van der Waals surface area contributed by atoms with Gasteiger partial charge in [0.2, 0.25) is 0 Å². The topological polar surface area (TPSA) is 95.4 Å². The predicted molar refractivity (Wildman–Crippen MR) is 126 cm³/mol. The van der Waals surface area contributed by atoms with Crippen molar-refractivity contribution in [2.24, 2.45) is 0 Å². The number of aliphatic hydroxyl groups is 1. The SMILES string of the molecule is Cc1ccc(-c2cc(C(=O)N[C@H](C)c3ccc(C)nc3)cc(C(=O)N3CCC(O)C3)c2)nc1. The third kappa shape index (κ3) is 5.26. The predicted octanol–water partition coefficient (Wildman–Crippen LogP) is 3.46. The third-order valence-electron chi connectivity index (χ3n) is 5.88. The summed E-state index contributed by atoms with van der Waals surface area (Å²) in [6.45, 7) is 6.55. The Kier molecular flexibility index (Phi) is 6.51. The normalized spacial score (nSPS) is 16.5. The van der Waals surface area contributed by atoms with Crippen LogP contribution in [0.25, 0.3) is 11.3 Å². The van der Waals surface area contributed by atoms with Gasteiger partial charge >= 0.3 is 0 Å². The number of benzene rings is 1. The van der Waals surface area contributed by atoms with Gasteiger partial charge in [0.1, 0.15) is 0 Å². The number of aromatic nitrogens is 2. The fourth-order valence-electron chi connectivity index (χ4n) is 3.88. The number of pyridine rings is 2. The monoisotopic (exact) mass is 444 g/mol. The summed E-state index contributed by atoms with van der Waals surface area (Å²) in [6, 6.07) is 12.5. The van der Waals surface area contributed by atoms with E-state index < -0.39 is 6.10 Å². The van der Waals surface area contributed by atoms with Crippen molar-refractivity contribution in [3.05, 3.63) is 82.8 Å². The van der Waals surface area contributed by atoms with Crippen LogP contribution in [0.4, 0.5) is 0 Å². The number of amides is 2. The second-order valence-electron chi connectivity index (χ2n) is 8.64. The van der Waals surface area contributed by atoms with Gasteiger partial charge < -0.3 is 15.3 Å². The van der Waals surface area contributed by atoms with E-state index >= 15 is 0 Å². The van der Waals surface area contributed by atoms with E-state index in [4.69, 9.17) is 0 Å². The molecule has 2 N–H and O–H groups in total. The first-order valence-electron chi connectivity index (χ1n) is 11.1. The van der Waals surface area contributed by atoms with Gasteiger partial charge in [-0.3, -0.25) is 19.6 Å². The number of likely N-dealkylation sites (tertiary alicyclic amines) is 1. The molecule has 1 aliphatic rings. The van der Waals surface area contributed by atoms with Gasteiger partial charge in [-0.05, 0) is 68.7 Å². The van der Waals surface area contributed by atoms with E-state index in [2.05, 4.69) is 15.3 Å². The number of β-amino-alcohol motifs (C(OH)–C–C–N with tert-alkyl or cyclic N) is 1. The van der Waals surface area contributed by atoms with Gasteiger partial charge in [-0.1, -0.05) is 12.1 Å². The van der Waals surface area contributed by atoms with Crippen LogP contribution in [0.5, 0.6) is 0 Å². The first-order chi connectivity index (χ1) is 15.8. The number of carbonyl (C=O) groups is 2. The molecule has 0 bridgehead atoms. The molecule has 0 radical (unpaired) electrons. The van der Waals surface area contributed by atoms with Crippen molar-refractivity contribution in [1.82, 2.24) is 20.2 Å². The zero-order chi connectivity index (χ0) is 23.5. The summed E-state index contributed by atoms with van der Waals surface area (Å²) < 4.78 is 0. The largest absolute Gasteiger partial charge is 0.391 e. The molecule has 1 unspecified atom stereocenters. The summed E-state index contributed by atoms with van der Waals surface area (Å²) in [5, 5.41) is 12.8. The standard InChI is InChI=1S/C26H28N4O3/c1-16-4-7-24(28-13-16)20-10-21(12-22(11-20)26(33)30-9-8-23(31)15-30)25(32)29-18(3)19-6-5-17(2)27-14-19/h4-7,10-14,18,23,31H,8-9,15H2,1-3H3,(H,29,32)/t18-,23?/m1/s1. The Labute approximate surface area is 193 Å². The lowest BCUT2D eigenvalue weighted by atomic mass is 10.0. The molecule has 2 aromatic heterocycles. The number of hydrogen-bond acceptors (Lipinski definition) is 5. The Balaban J connectivity index is 1.66. The maximum absolute atomic E-state index is 13.2. The minimum absolute atomic E-state index is 0.203. The minimum Gasteiger partial charge on any atom is -0.391 e. The van der Waals surface area contributed by atoms with Crippen LogP contribution in [-0.2, 0) is 0 Å². The fraction of sp³-hybridized carbons (Fsp3) is 0.308. The second kappa shape index (κ2) is 9.50. The van der Waals surface area contributed by atoms with Gasteiger partial charge in [0.05, 0.1) is 17.8 Å². The lowest BCUT2D eigenvalue weighted by Gasteiger charge is -2.18. The molecule has 7 nitrogen and oxygen atoms in total. The maximum atomic E-state index is 13.2. The highest BCUT2D eigenvalue weighted by Gasteiger charge is 2.26. The molecule has 1 saturated heterocycles. The van der Waals surface area contributed by atoms with Crippen LogP contribution < -0.4 is 5.32 Å². The number of aliphatic hydroxyl groups excluding tert-OH is 1. The molecule has 1 aromatic carbocycles. The van der Waals surface area contributed by atoms with Gasteiger partial charge in [-0.2, -0.15) is 0 Å². The molecule has 4 rings (SSSR count). The molecule has 2 atom stereocenters. The lowest BCUT2D eigenvalue weighted by molar-refractivity contribution is 0.0765. The average molecular weight is 445 g/mol. The number of hydrogen-bond donors (Lipinski definition) is 2. The molecule has 2 amide bonds. The molecule has 0 aliphatic carbocycles. The highest BCUT2D eigenvalue weighted by molar-refractivity contribution is 6.01. The smallest absolute Gasteiger partial charge is 0.253 e. The Morgan fingerprint density at radius 3 is 2.48 bits per heavy atom. The molecule has 1 aliphatic heterocycles. The van der Waals surface area contributed by atoms with Crippen molar-refractivity contribution in [1.29, 1.82) is 0 Å². The number of carbonyl (C=O) groups excluding carboxylic acids is 2. The van der Waals surface area contributed by atoms with Gasteiger partial charge in [0, 0.05) is 47.9 Å². The Morgan fingerprint density at radius 2 is 1.85 bits per heavy atom. The molecule has 3 heterocycles. The Hall–Kier alpha value is -3.58. The number of nitrogens with one attached hydrogen (secondary N) is 1. The van der Waals surface area contributed by atoms with Crippen LogP contribution in [-0.4, -0.2) is 51.0 Å². The number of rotatable bonds is 5. The quantitative estimate of drug-likeness (QED) is 0.628. The summed E-state index contributed by atoms with van der Waals surface area (Å²) in [6.07, 6.45) is 3.55. The van der Waals surface area contributed by atoms with Gasteiger partial charge in [0.25, 0.3) is 11.8 Å². The summed E-state index contributed by atoms with van der Waals surface area (Å²) in [7, 11) is 0. The molecule has 0 saturated carbocycles. The van der Waals surface area contributed by atoms with E-state index in [0.717, 1.165) is 16.8 Å². The highest BCUT2D eigenvalue weighted by atomic mass is 16.3. The molecule has 0 spiro atoms. The first-order valence-corrected chi connectivity index (χ1v) is 11.1. The van der Waals surface area contributed by atoms with Crippen LogP contribution >= 0.6 is 0 Å². The average Bonchev–Trinajstić information content (AvgIpc) is 3.25. The van der Waals surface area contributed by atoms with Crippen LogP contribution in [0.3, 0.4) is 0 Å². The van der Waals surface area contributed by atoms with Crippen molar-refractivity contribution < 1.29 is 14.7 Å². The summed E-state index contributed by atoms with van der Waals surface area (Å²) in [5.41, 5.74) is 4.98. The molecule has 1 fully saturated rings. The molecule has 7 heteroatoms. The van der Waals surface area contributed by atoms with Crippen molar-refractivity contribution in [2.75, 3.05) is 13.1 Å². The van der Waals surface area contributed by atoms with E-state index in [-0.39, 0.29) is 17.9 Å². The summed E-state index contributed by atoms with van der Waals surface area (Å²) >= 11 is 0. The van der Waals surface area contributed by atoms with Crippen LogP contribution in [0.2, 0.25) is 0 Å². The number of nitrogens with zero attached hydrogens (tertiary/aromatic N) is 3. The Morgan fingerprint density at radius 1 is 1.06 bits per heavy atom. The van der Waals surface area contributed by atoms with Crippen molar-refractivity contribution in [3.8, 4) is 11.3 Å². The first kappa shape index (κ1) is 22.6. The molecule has 170 valence electrons. The Bertz CT molecular complexity index is 1160. The zero-order valence-electron chi connectivity index (χ0n) is 19.1. The summed E-state index contributed by atoms with van der Waals surface area (Å²) in [5.74, 6) is -0.488. The van der Waals surface area contributed by atoms with Crippen molar-refractivity contribution in [2.45, 2.75) is 39.3 Å². The fourth-order valence-corrected chi connectivity index (χ4v) is 3.88. The van der Waals surface area contributed by atoms with Gasteiger partial charge in [-0.15, -0.1) is 0 Å². The lowest BCUT2D eigenvalue weighted by Crippen LogP contribution is -2.30. The number of aryl methyl sites for hydroxylation is 2. The van der Waals surface area contributed by atoms with E-state index in [1.165, 1.54) is 0 Å². The maximum Gasteiger partial charge on any atom is 0.253 e. The second-order valence-corrected chi connectivity index (χ2v) is 8.64. The van der Waals surface area contributed by atoms with E-state index in [9.17, 15) is 14.7 Å². The van der Waals surface area contributed by atoms with E-state index in [1.807, 2.05) is 45.0 Å². The van der Waals surface area contributed by atoms with Gasteiger partial charge in [-0.25, -0.2) is 0 Å². The van der Waals surface area contributed by atoms with Gasteiger partial charge in [0.15, 0.2) is 0 Å². The zero-order valence-corrected chi connectivity index (χ0v) is 19.1. The molecular formula is C26H28N4O3.